The number of para-hydroxylation sites is 2. The monoisotopic (exact) mass is 299 g/mol. The molecule has 1 saturated heterocycles. The van der Waals surface area contributed by atoms with Gasteiger partial charge >= 0.3 is 0 Å². The maximum Gasteiger partial charge on any atom is 0.224 e. The summed E-state index contributed by atoms with van der Waals surface area (Å²) in [5.41, 5.74) is 2.16. The number of hydrogen-bond donors (Lipinski definition) is 2. The lowest BCUT2D eigenvalue weighted by atomic mass is 9.93. The number of aromatic amines is 1. The van der Waals surface area contributed by atoms with Crippen molar-refractivity contribution in [3.8, 4) is 0 Å². The topological polar surface area (TPSA) is 67.0 Å². The molecule has 0 bridgehead atoms. The Hall–Kier alpha value is -1.88. The van der Waals surface area contributed by atoms with E-state index in [1.54, 1.807) is 0 Å². The van der Waals surface area contributed by atoms with Crippen LogP contribution in [0, 0.1) is 11.3 Å². The number of nitrogens with one attached hydrogen (secondary N) is 2. The van der Waals surface area contributed by atoms with Gasteiger partial charge in [0.1, 0.15) is 5.82 Å². The first kappa shape index (κ1) is 13.8. The van der Waals surface area contributed by atoms with Crippen molar-refractivity contribution >= 4 is 16.9 Å². The number of rotatable bonds is 3. The van der Waals surface area contributed by atoms with E-state index >= 15 is 0 Å². The van der Waals surface area contributed by atoms with Crippen molar-refractivity contribution in [3.05, 3.63) is 30.1 Å². The predicted octanol–water partition coefficient (Wildman–Crippen LogP) is 2.56. The number of amides is 1. The molecule has 0 radical (unpaired) electrons. The van der Waals surface area contributed by atoms with Gasteiger partial charge in [-0.25, -0.2) is 4.98 Å². The fourth-order valence-corrected chi connectivity index (χ4v) is 3.61. The van der Waals surface area contributed by atoms with E-state index in [1.165, 1.54) is 0 Å². The minimum atomic E-state index is -0.0996. The van der Waals surface area contributed by atoms with E-state index in [4.69, 9.17) is 4.74 Å². The second-order valence-corrected chi connectivity index (χ2v) is 6.60. The molecule has 1 aliphatic carbocycles. The van der Waals surface area contributed by atoms with Crippen LogP contribution in [0.5, 0.6) is 0 Å². The molecule has 0 unspecified atom stereocenters. The van der Waals surface area contributed by atoms with Gasteiger partial charge in [-0.15, -0.1) is 0 Å². The first-order valence-corrected chi connectivity index (χ1v) is 8.01. The Balaban J connectivity index is 1.43. The lowest BCUT2D eigenvalue weighted by molar-refractivity contribution is -0.124. The summed E-state index contributed by atoms with van der Waals surface area (Å²) >= 11 is 0. The van der Waals surface area contributed by atoms with Crippen LogP contribution in [-0.2, 0) is 9.53 Å². The number of hydrogen-bond acceptors (Lipinski definition) is 3. The summed E-state index contributed by atoms with van der Waals surface area (Å²) in [5, 5.41) is 3.12. The van der Waals surface area contributed by atoms with Gasteiger partial charge in [0.2, 0.25) is 5.91 Å². The molecule has 1 aromatic carbocycles. The van der Waals surface area contributed by atoms with Gasteiger partial charge in [-0.2, -0.15) is 0 Å². The second kappa shape index (κ2) is 5.09. The Kier molecular flexibility index (Phi) is 3.18. The molecule has 5 nitrogen and oxygen atoms in total. The highest BCUT2D eigenvalue weighted by molar-refractivity contribution is 5.83. The normalized spacial score (nSPS) is 24.3. The Labute approximate surface area is 129 Å². The van der Waals surface area contributed by atoms with Crippen LogP contribution in [0.4, 0.5) is 0 Å². The van der Waals surface area contributed by atoms with Crippen molar-refractivity contribution in [3.63, 3.8) is 0 Å². The van der Waals surface area contributed by atoms with Gasteiger partial charge in [0.15, 0.2) is 0 Å². The number of carbonyl (C=O) groups is 1. The Morgan fingerprint density at radius 3 is 2.95 bits per heavy atom. The molecule has 116 valence electrons. The Bertz CT molecular complexity index is 670. The van der Waals surface area contributed by atoms with E-state index in [9.17, 15) is 4.79 Å². The highest BCUT2D eigenvalue weighted by Gasteiger charge is 2.58. The molecule has 2 aromatic rings. The van der Waals surface area contributed by atoms with Crippen molar-refractivity contribution in [2.75, 3.05) is 13.2 Å². The van der Waals surface area contributed by atoms with Crippen molar-refractivity contribution < 1.29 is 9.53 Å². The number of aromatic nitrogens is 2. The lowest BCUT2D eigenvalue weighted by Gasteiger charge is -2.23. The lowest BCUT2D eigenvalue weighted by Crippen LogP contribution is -2.32. The van der Waals surface area contributed by atoms with Crippen LogP contribution in [0.3, 0.4) is 0 Å². The molecule has 1 amide bonds. The quantitative estimate of drug-likeness (QED) is 0.915. The van der Waals surface area contributed by atoms with Gasteiger partial charge in [0.05, 0.1) is 17.1 Å². The predicted molar refractivity (Wildman–Crippen MR) is 83.2 cm³/mol. The molecule has 1 spiro atoms. The van der Waals surface area contributed by atoms with Crippen LogP contribution in [-0.4, -0.2) is 29.1 Å². The van der Waals surface area contributed by atoms with Crippen LogP contribution < -0.4 is 5.32 Å². The standard InChI is InChI=1S/C17H21N3O2/c1-11(15-19-13-4-2-3-5-14(13)20-15)18-16(21)12-10-17(12)6-8-22-9-7-17/h2-5,11-12H,6-10H2,1H3,(H,18,21)(H,19,20)/t11-,12-/m1/s1. The first-order valence-electron chi connectivity index (χ1n) is 8.01. The average Bonchev–Trinajstić information content (AvgIpc) is 3.05. The van der Waals surface area contributed by atoms with Crippen molar-refractivity contribution in [2.45, 2.75) is 32.2 Å². The molecule has 5 heteroatoms. The molecule has 2 aliphatic rings. The smallest absolute Gasteiger partial charge is 0.224 e. The number of H-pyrrole nitrogens is 1. The van der Waals surface area contributed by atoms with Crippen molar-refractivity contribution in [1.29, 1.82) is 0 Å². The fourth-order valence-electron chi connectivity index (χ4n) is 3.61. The summed E-state index contributed by atoms with van der Waals surface area (Å²) in [6, 6.07) is 7.82. The molecule has 2 fully saturated rings. The summed E-state index contributed by atoms with van der Waals surface area (Å²) in [5.74, 6) is 1.13. The first-order chi connectivity index (χ1) is 10.7. The molecule has 22 heavy (non-hydrogen) atoms. The molecule has 2 N–H and O–H groups in total. The van der Waals surface area contributed by atoms with Crippen LogP contribution in [0.1, 0.15) is 38.1 Å². The van der Waals surface area contributed by atoms with E-state index in [1.807, 2.05) is 31.2 Å². The third-order valence-electron chi connectivity index (χ3n) is 5.17. The molecule has 4 rings (SSSR count). The van der Waals surface area contributed by atoms with Crippen LogP contribution in [0.2, 0.25) is 0 Å². The third-order valence-corrected chi connectivity index (χ3v) is 5.17. The van der Waals surface area contributed by atoms with Gasteiger partial charge < -0.3 is 15.0 Å². The zero-order chi connectivity index (χ0) is 15.2. The van der Waals surface area contributed by atoms with E-state index < -0.39 is 0 Å². The molecule has 2 atom stereocenters. The zero-order valence-electron chi connectivity index (χ0n) is 12.8. The minimum absolute atomic E-state index is 0.0996. The molecule has 1 saturated carbocycles. The van der Waals surface area contributed by atoms with Crippen LogP contribution in [0.15, 0.2) is 24.3 Å². The van der Waals surface area contributed by atoms with Gasteiger partial charge in [-0.3, -0.25) is 4.79 Å². The maximum absolute atomic E-state index is 12.5. The summed E-state index contributed by atoms with van der Waals surface area (Å²) in [7, 11) is 0. The number of ether oxygens (including phenoxy) is 1. The highest BCUT2D eigenvalue weighted by Crippen LogP contribution is 2.59. The average molecular weight is 299 g/mol. The number of carbonyl (C=O) groups excluding carboxylic acids is 1. The van der Waals surface area contributed by atoms with Gasteiger partial charge in [0.25, 0.3) is 0 Å². The summed E-state index contributed by atoms with van der Waals surface area (Å²) in [6.45, 7) is 3.57. The van der Waals surface area contributed by atoms with Gasteiger partial charge in [-0.1, -0.05) is 12.1 Å². The van der Waals surface area contributed by atoms with Gasteiger partial charge in [0, 0.05) is 19.1 Å². The minimum Gasteiger partial charge on any atom is -0.381 e. The SMILES string of the molecule is C[C@@H](NC(=O)[C@H]1CC12CCOCC2)c1nc2ccccc2[nH]1. The number of benzene rings is 1. The number of nitrogens with zero attached hydrogens (tertiary/aromatic N) is 1. The van der Waals surface area contributed by atoms with Crippen LogP contribution >= 0.6 is 0 Å². The Morgan fingerprint density at radius 2 is 2.18 bits per heavy atom. The maximum atomic E-state index is 12.5. The second-order valence-electron chi connectivity index (χ2n) is 6.60. The van der Waals surface area contributed by atoms with Crippen molar-refractivity contribution in [2.24, 2.45) is 11.3 Å². The number of imidazole rings is 1. The molecule has 1 aliphatic heterocycles. The van der Waals surface area contributed by atoms with E-state index in [-0.39, 0.29) is 23.3 Å². The van der Waals surface area contributed by atoms with Gasteiger partial charge in [-0.05, 0) is 43.7 Å². The third kappa shape index (κ3) is 2.29. The van der Waals surface area contributed by atoms with E-state index in [0.29, 0.717) is 0 Å². The summed E-state index contributed by atoms with van der Waals surface area (Å²) < 4.78 is 5.41. The molecular weight excluding hydrogens is 278 g/mol. The molecule has 2 heterocycles. The van der Waals surface area contributed by atoms with E-state index in [2.05, 4.69) is 15.3 Å². The molecular formula is C17H21N3O2. The fraction of sp³-hybridized carbons (Fsp3) is 0.529. The highest BCUT2D eigenvalue weighted by atomic mass is 16.5. The summed E-state index contributed by atoms with van der Waals surface area (Å²) in [6.07, 6.45) is 3.04. The molecule has 1 aromatic heterocycles. The largest absolute Gasteiger partial charge is 0.381 e. The number of fused-ring (bicyclic) bond motifs is 1. The summed E-state index contributed by atoms with van der Waals surface area (Å²) in [4.78, 5) is 20.3. The Morgan fingerprint density at radius 1 is 1.41 bits per heavy atom. The zero-order valence-corrected chi connectivity index (χ0v) is 12.8. The van der Waals surface area contributed by atoms with E-state index in [0.717, 1.165) is 49.3 Å². The van der Waals surface area contributed by atoms with Crippen LogP contribution in [0.25, 0.3) is 11.0 Å². The van der Waals surface area contributed by atoms with Crippen molar-refractivity contribution in [1.82, 2.24) is 15.3 Å².